The Morgan fingerprint density at radius 3 is 2.29 bits per heavy atom. The number of nitrogens with zero attached hydrogens (tertiary/aromatic N) is 1. The molecule has 0 aromatic heterocycles. The molecular formula is C19H21ClN2O5S. The van der Waals surface area contributed by atoms with Crippen LogP contribution in [0.3, 0.4) is 0 Å². The Morgan fingerprint density at radius 2 is 1.71 bits per heavy atom. The van der Waals surface area contributed by atoms with Gasteiger partial charge in [0, 0.05) is 11.6 Å². The van der Waals surface area contributed by atoms with Crippen LogP contribution in [0.5, 0.6) is 0 Å². The zero-order chi connectivity index (χ0) is 20.7. The summed E-state index contributed by atoms with van der Waals surface area (Å²) in [5.74, 6) is -1.24. The van der Waals surface area contributed by atoms with Crippen LogP contribution in [0.15, 0.2) is 59.5 Å². The summed E-state index contributed by atoms with van der Waals surface area (Å²) in [6.45, 7) is 0.992. The monoisotopic (exact) mass is 424 g/mol. The Kier molecular flexibility index (Phi) is 7.56. The van der Waals surface area contributed by atoms with Crippen LogP contribution in [0.1, 0.15) is 12.5 Å². The van der Waals surface area contributed by atoms with Crippen LogP contribution >= 0.6 is 11.6 Å². The summed E-state index contributed by atoms with van der Waals surface area (Å²) in [6.07, 6.45) is 0. The van der Waals surface area contributed by atoms with Crippen molar-refractivity contribution in [2.45, 2.75) is 24.4 Å². The molecule has 0 radical (unpaired) electrons. The second-order valence-corrected chi connectivity index (χ2v) is 8.40. The van der Waals surface area contributed by atoms with E-state index in [9.17, 15) is 18.0 Å². The first-order valence-electron chi connectivity index (χ1n) is 8.41. The average Bonchev–Trinajstić information content (AvgIpc) is 2.67. The number of ether oxygens (including phenoxy) is 1. The Morgan fingerprint density at radius 1 is 1.11 bits per heavy atom. The van der Waals surface area contributed by atoms with E-state index in [0.717, 1.165) is 4.31 Å². The van der Waals surface area contributed by atoms with Crippen molar-refractivity contribution in [3.05, 3.63) is 65.2 Å². The molecule has 0 aliphatic carbocycles. The van der Waals surface area contributed by atoms with Gasteiger partial charge < -0.3 is 10.1 Å². The number of methoxy groups -OCH3 is 1. The second kappa shape index (κ2) is 9.68. The number of hydrogen-bond acceptors (Lipinski definition) is 5. The number of carbonyl (C=O) groups is 2. The highest BCUT2D eigenvalue weighted by atomic mass is 35.5. The summed E-state index contributed by atoms with van der Waals surface area (Å²) in [7, 11) is -2.77. The fraction of sp³-hybridized carbons (Fsp3) is 0.263. The van der Waals surface area contributed by atoms with Gasteiger partial charge in [-0.15, -0.1) is 0 Å². The molecular weight excluding hydrogens is 404 g/mol. The molecule has 0 fully saturated rings. The van der Waals surface area contributed by atoms with Gasteiger partial charge in [0.1, 0.15) is 6.04 Å². The highest BCUT2D eigenvalue weighted by molar-refractivity contribution is 7.89. The first-order valence-corrected chi connectivity index (χ1v) is 10.2. The lowest BCUT2D eigenvalue weighted by molar-refractivity contribution is -0.144. The molecule has 28 heavy (non-hydrogen) atoms. The van der Waals surface area contributed by atoms with Crippen molar-refractivity contribution < 1.29 is 22.7 Å². The minimum atomic E-state index is -3.98. The number of amides is 1. The molecule has 7 nitrogen and oxygen atoms in total. The molecule has 0 unspecified atom stereocenters. The molecule has 2 aromatic carbocycles. The number of carbonyl (C=O) groups excluding carboxylic acids is 2. The van der Waals surface area contributed by atoms with Crippen LogP contribution in [-0.4, -0.2) is 44.3 Å². The molecule has 0 saturated carbocycles. The molecule has 9 heteroatoms. The summed E-state index contributed by atoms with van der Waals surface area (Å²) < 4.78 is 31.8. The predicted molar refractivity (Wildman–Crippen MR) is 105 cm³/mol. The molecule has 0 spiro atoms. The average molecular weight is 425 g/mol. The van der Waals surface area contributed by atoms with E-state index >= 15 is 0 Å². The van der Waals surface area contributed by atoms with Crippen molar-refractivity contribution in [2.24, 2.45) is 0 Å². The van der Waals surface area contributed by atoms with E-state index in [1.165, 1.54) is 38.3 Å². The van der Waals surface area contributed by atoms with Crippen molar-refractivity contribution in [2.75, 3.05) is 13.7 Å². The van der Waals surface area contributed by atoms with Crippen LogP contribution in [0.2, 0.25) is 5.02 Å². The summed E-state index contributed by atoms with van der Waals surface area (Å²) in [5, 5.41) is 2.84. The molecule has 2 aromatic rings. The zero-order valence-corrected chi connectivity index (χ0v) is 17.0. The molecule has 0 aliphatic heterocycles. The number of nitrogens with one attached hydrogen (secondary N) is 1. The summed E-state index contributed by atoms with van der Waals surface area (Å²) in [6, 6.07) is 13.7. The lowest BCUT2D eigenvalue weighted by atomic mass is 10.2. The maximum atomic E-state index is 13.1. The third-order valence-electron chi connectivity index (χ3n) is 3.91. The van der Waals surface area contributed by atoms with Gasteiger partial charge in [0.15, 0.2) is 0 Å². The van der Waals surface area contributed by atoms with E-state index in [4.69, 9.17) is 11.6 Å². The topological polar surface area (TPSA) is 92.8 Å². The minimum absolute atomic E-state index is 0.00811. The van der Waals surface area contributed by atoms with Gasteiger partial charge in [-0.2, -0.15) is 4.31 Å². The fourth-order valence-corrected chi connectivity index (χ4v) is 3.96. The first kappa shape index (κ1) is 21.9. The third-order valence-corrected chi connectivity index (χ3v) is 5.96. The minimum Gasteiger partial charge on any atom is -0.467 e. The summed E-state index contributed by atoms with van der Waals surface area (Å²) in [5.41, 5.74) is 0.717. The van der Waals surface area contributed by atoms with Crippen LogP contribution in [0.4, 0.5) is 0 Å². The highest BCUT2D eigenvalue weighted by Gasteiger charge is 2.28. The molecule has 2 rings (SSSR count). The van der Waals surface area contributed by atoms with Crippen molar-refractivity contribution in [1.82, 2.24) is 9.62 Å². The van der Waals surface area contributed by atoms with Gasteiger partial charge >= 0.3 is 5.97 Å². The molecule has 1 N–H and O–H groups in total. The highest BCUT2D eigenvalue weighted by Crippen LogP contribution is 2.20. The molecule has 1 amide bonds. The van der Waals surface area contributed by atoms with Gasteiger partial charge in [-0.3, -0.25) is 4.79 Å². The Labute approximate surface area is 169 Å². The lowest BCUT2D eigenvalue weighted by Crippen LogP contribution is -2.45. The van der Waals surface area contributed by atoms with E-state index in [1.807, 2.05) is 6.07 Å². The van der Waals surface area contributed by atoms with Gasteiger partial charge in [0.05, 0.1) is 18.6 Å². The zero-order valence-electron chi connectivity index (χ0n) is 15.5. The van der Waals surface area contributed by atoms with E-state index in [-0.39, 0.29) is 11.4 Å². The summed E-state index contributed by atoms with van der Waals surface area (Å²) in [4.78, 5) is 23.9. The van der Waals surface area contributed by atoms with Crippen LogP contribution in [0, 0.1) is 0 Å². The molecule has 150 valence electrons. The van der Waals surface area contributed by atoms with Gasteiger partial charge in [-0.05, 0) is 36.8 Å². The quantitative estimate of drug-likeness (QED) is 0.656. The van der Waals surface area contributed by atoms with Crippen LogP contribution < -0.4 is 5.32 Å². The van der Waals surface area contributed by atoms with Crippen molar-refractivity contribution in [1.29, 1.82) is 0 Å². The first-order chi connectivity index (χ1) is 13.2. The molecule has 1 atom stereocenters. The van der Waals surface area contributed by atoms with Gasteiger partial charge in [0.25, 0.3) is 0 Å². The van der Waals surface area contributed by atoms with Crippen molar-refractivity contribution in [3.63, 3.8) is 0 Å². The van der Waals surface area contributed by atoms with E-state index in [2.05, 4.69) is 10.1 Å². The number of halogens is 1. The number of benzene rings is 2. The molecule has 0 heterocycles. The molecule has 0 bridgehead atoms. The number of esters is 1. The van der Waals surface area contributed by atoms with E-state index < -0.39 is 34.5 Å². The van der Waals surface area contributed by atoms with Gasteiger partial charge in [-0.1, -0.05) is 41.9 Å². The van der Waals surface area contributed by atoms with E-state index in [0.29, 0.717) is 10.6 Å². The second-order valence-electron chi connectivity index (χ2n) is 6.02. The molecule has 0 aliphatic rings. The van der Waals surface area contributed by atoms with Crippen molar-refractivity contribution in [3.8, 4) is 0 Å². The lowest BCUT2D eigenvalue weighted by Gasteiger charge is -2.23. The standard InChI is InChI=1S/C19H21ClN2O5S/c1-14(19(24)27-2)21-18(23)13-22(12-15-6-4-3-5-7-15)28(25,26)17-10-8-16(20)9-11-17/h3-11,14H,12-13H2,1-2H3,(H,21,23)/t14-/m1/s1. The normalized spacial score (nSPS) is 12.4. The number of hydrogen-bond donors (Lipinski definition) is 1. The Hall–Kier alpha value is -2.42. The number of rotatable bonds is 8. The summed E-state index contributed by atoms with van der Waals surface area (Å²) >= 11 is 5.84. The molecule has 0 saturated heterocycles. The third kappa shape index (κ3) is 5.79. The Bertz CT molecular complexity index is 917. The SMILES string of the molecule is COC(=O)[C@@H](C)NC(=O)CN(Cc1ccccc1)S(=O)(=O)c1ccc(Cl)cc1. The number of sulfonamides is 1. The fourth-order valence-electron chi connectivity index (χ4n) is 2.45. The van der Waals surface area contributed by atoms with Gasteiger partial charge in [-0.25, -0.2) is 13.2 Å². The van der Waals surface area contributed by atoms with Gasteiger partial charge in [0.2, 0.25) is 15.9 Å². The maximum Gasteiger partial charge on any atom is 0.328 e. The Balaban J connectivity index is 2.27. The van der Waals surface area contributed by atoms with Crippen molar-refractivity contribution >= 4 is 33.5 Å². The van der Waals surface area contributed by atoms with Crippen LogP contribution in [0.25, 0.3) is 0 Å². The predicted octanol–water partition coefficient (Wildman–Crippen LogP) is 2.21. The van der Waals surface area contributed by atoms with Crippen LogP contribution in [-0.2, 0) is 30.9 Å². The maximum absolute atomic E-state index is 13.1. The largest absolute Gasteiger partial charge is 0.467 e. The smallest absolute Gasteiger partial charge is 0.328 e. The van der Waals surface area contributed by atoms with E-state index in [1.54, 1.807) is 24.3 Å².